The standard InChI is InChI=1S/C13H24N2O2/c1-11(14-12-5-9-17-10-6-12)13(16)15-7-3-2-4-8-15/h11-12,14H,2-10H2,1H3. The van der Waals surface area contributed by atoms with Crippen molar-refractivity contribution in [2.75, 3.05) is 26.3 Å². The van der Waals surface area contributed by atoms with Crippen LogP contribution >= 0.6 is 0 Å². The molecule has 0 spiro atoms. The van der Waals surface area contributed by atoms with Gasteiger partial charge in [-0.15, -0.1) is 0 Å². The molecule has 1 atom stereocenters. The van der Waals surface area contributed by atoms with Crippen LogP contribution in [0.25, 0.3) is 0 Å². The number of nitrogens with zero attached hydrogens (tertiary/aromatic N) is 1. The molecule has 4 nitrogen and oxygen atoms in total. The lowest BCUT2D eigenvalue weighted by molar-refractivity contribution is -0.134. The summed E-state index contributed by atoms with van der Waals surface area (Å²) in [5.41, 5.74) is 0. The smallest absolute Gasteiger partial charge is 0.239 e. The minimum absolute atomic E-state index is 0.0452. The van der Waals surface area contributed by atoms with Crippen LogP contribution in [-0.2, 0) is 9.53 Å². The fourth-order valence-electron chi connectivity index (χ4n) is 2.68. The Hall–Kier alpha value is -0.610. The SMILES string of the molecule is CC(NC1CCOCC1)C(=O)N1CCCCC1. The minimum Gasteiger partial charge on any atom is -0.381 e. The molecule has 17 heavy (non-hydrogen) atoms. The van der Waals surface area contributed by atoms with Gasteiger partial charge in [-0.05, 0) is 39.0 Å². The van der Waals surface area contributed by atoms with Gasteiger partial charge in [-0.2, -0.15) is 0 Å². The zero-order valence-electron chi connectivity index (χ0n) is 10.8. The van der Waals surface area contributed by atoms with Crippen molar-refractivity contribution >= 4 is 5.91 Å². The second-order valence-corrected chi connectivity index (χ2v) is 5.16. The maximum absolute atomic E-state index is 12.2. The Bertz CT molecular complexity index is 246. The molecule has 98 valence electrons. The average Bonchev–Trinajstić information content (AvgIpc) is 2.40. The van der Waals surface area contributed by atoms with Crippen molar-refractivity contribution in [3.63, 3.8) is 0 Å². The molecule has 0 aliphatic carbocycles. The van der Waals surface area contributed by atoms with Crippen molar-refractivity contribution in [1.29, 1.82) is 0 Å². The zero-order valence-corrected chi connectivity index (χ0v) is 10.8. The Morgan fingerprint density at radius 3 is 2.53 bits per heavy atom. The lowest BCUT2D eigenvalue weighted by Crippen LogP contribution is -2.50. The molecule has 2 rings (SSSR count). The van der Waals surface area contributed by atoms with Gasteiger partial charge in [0.1, 0.15) is 0 Å². The van der Waals surface area contributed by atoms with E-state index in [9.17, 15) is 4.79 Å². The van der Waals surface area contributed by atoms with Crippen molar-refractivity contribution < 1.29 is 9.53 Å². The van der Waals surface area contributed by atoms with E-state index in [0.29, 0.717) is 6.04 Å². The van der Waals surface area contributed by atoms with Gasteiger partial charge in [0.2, 0.25) is 5.91 Å². The van der Waals surface area contributed by atoms with Crippen LogP contribution in [0.5, 0.6) is 0 Å². The molecule has 2 heterocycles. The van der Waals surface area contributed by atoms with Crippen LogP contribution in [0.4, 0.5) is 0 Å². The summed E-state index contributed by atoms with van der Waals surface area (Å²) in [6, 6.07) is 0.406. The first-order chi connectivity index (χ1) is 8.27. The Morgan fingerprint density at radius 2 is 1.88 bits per heavy atom. The van der Waals surface area contributed by atoms with Crippen molar-refractivity contribution in [1.82, 2.24) is 10.2 Å². The van der Waals surface area contributed by atoms with Gasteiger partial charge < -0.3 is 15.0 Å². The fourth-order valence-corrected chi connectivity index (χ4v) is 2.68. The molecular weight excluding hydrogens is 216 g/mol. The number of nitrogens with one attached hydrogen (secondary N) is 1. The van der Waals surface area contributed by atoms with Crippen LogP contribution in [0.15, 0.2) is 0 Å². The Morgan fingerprint density at radius 1 is 1.24 bits per heavy atom. The van der Waals surface area contributed by atoms with E-state index in [-0.39, 0.29) is 11.9 Å². The van der Waals surface area contributed by atoms with Crippen LogP contribution in [0, 0.1) is 0 Å². The van der Waals surface area contributed by atoms with Gasteiger partial charge >= 0.3 is 0 Å². The van der Waals surface area contributed by atoms with E-state index in [1.54, 1.807) is 0 Å². The van der Waals surface area contributed by atoms with E-state index in [1.807, 2.05) is 11.8 Å². The number of piperidine rings is 1. The molecule has 2 saturated heterocycles. The van der Waals surface area contributed by atoms with Crippen molar-refractivity contribution in [2.24, 2.45) is 0 Å². The van der Waals surface area contributed by atoms with Gasteiger partial charge in [0.15, 0.2) is 0 Å². The van der Waals surface area contributed by atoms with E-state index >= 15 is 0 Å². The van der Waals surface area contributed by atoms with Crippen LogP contribution in [-0.4, -0.2) is 49.2 Å². The molecule has 2 aliphatic rings. The van der Waals surface area contributed by atoms with Crippen LogP contribution < -0.4 is 5.32 Å². The number of hydrogen-bond acceptors (Lipinski definition) is 3. The normalized spacial score (nSPS) is 24.6. The van der Waals surface area contributed by atoms with Gasteiger partial charge in [0.05, 0.1) is 6.04 Å². The number of hydrogen-bond donors (Lipinski definition) is 1. The highest BCUT2D eigenvalue weighted by molar-refractivity contribution is 5.81. The van der Waals surface area contributed by atoms with Crippen LogP contribution in [0.3, 0.4) is 0 Å². The summed E-state index contributed by atoms with van der Waals surface area (Å²) >= 11 is 0. The molecular formula is C13H24N2O2. The summed E-state index contributed by atoms with van der Waals surface area (Å²) < 4.78 is 5.32. The Kier molecular flexibility index (Phi) is 4.80. The van der Waals surface area contributed by atoms with E-state index in [1.165, 1.54) is 6.42 Å². The molecule has 1 amide bonds. The maximum atomic E-state index is 12.2. The van der Waals surface area contributed by atoms with Gasteiger partial charge in [-0.25, -0.2) is 0 Å². The third-order valence-electron chi connectivity index (χ3n) is 3.75. The second kappa shape index (κ2) is 6.36. The topological polar surface area (TPSA) is 41.6 Å². The fraction of sp³-hybridized carbons (Fsp3) is 0.923. The summed E-state index contributed by atoms with van der Waals surface area (Å²) in [6.07, 6.45) is 5.65. The largest absolute Gasteiger partial charge is 0.381 e. The second-order valence-electron chi connectivity index (χ2n) is 5.16. The van der Waals surface area contributed by atoms with Gasteiger partial charge in [-0.3, -0.25) is 4.79 Å². The summed E-state index contributed by atoms with van der Waals surface area (Å²) in [6.45, 7) is 5.52. The first-order valence-electron chi connectivity index (χ1n) is 6.90. The highest BCUT2D eigenvalue weighted by Crippen LogP contribution is 2.12. The van der Waals surface area contributed by atoms with Crippen molar-refractivity contribution in [3.05, 3.63) is 0 Å². The van der Waals surface area contributed by atoms with Crippen LogP contribution in [0.1, 0.15) is 39.0 Å². The van der Waals surface area contributed by atoms with E-state index in [4.69, 9.17) is 4.74 Å². The molecule has 0 saturated carbocycles. The van der Waals surface area contributed by atoms with Gasteiger partial charge in [-0.1, -0.05) is 0 Å². The molecule has 1 N–H and O–H groups in total. The third-order valence-corrected chi connectivity index (χ3v) is 3.75. The van der Waals surface area contributed by atoms with E-state index in [2.05, 4.69) is 5.32 Å². The lowest BCUT2D eigenvalue weighted by Gasteiger charge is -2.32. The van der Waals surface area contributed by atoms with Gasteiger partial charge in [0, 0.05) is 32.3 Å². The molecule has 0 aromatic carbocycles. The number of amides is 1. The molecule has 1 unspecified atom stereocenters. The lowest BCUT2D eigenvalue weighted by atomic mass is 10.1. The molecule has 2 aliphatic heterocycles. The number of ether oxygens (including phenoxy) is 1. The Labute approximate surface area is 104 Å². The maximum Gasteiger partial charge on any atom is 0.239 e. The Balaban J connectivity index is 1.77. The highest BCUT2D eigenvalue weighted by Gasteiger charge is 2.24. The predicted octanol–water partition coefficient (Wildman–Crippen LogP) is 1.16. The summed E-state index contributed by atoms with van der Waals surface area (Å²) in [7, 11) is 0. The minimum atomic E-state index is -0.0452. The summed E-state index contributed by atoms with van der Waals surface area (Å²) in [4.78, 5) is 14.2. The van der Waals surface area contributed by atoms with Gasteiger partial charge in [0.25, 0.3) is 0 Å². The highest BCUT2D eigenvalue weighted by atomic mass is 16.5. The average molecular weight is 240 g/mol. The van der Waals surface area contributed by atoms with Crippen LogP contribution in [0.2, 0.25) is 0 Å². The van der Waals surface area contributed by atoms with E-state index in [0.717, 1.165) is 52.0 Å². The van der Waals surface area contributed by atoms with E-state index < -0.39 is 0 Å². The number of carbonyl (C=O) groups is 1. The molecule has 4 heteroatoms. The van der Waals surface area contributed by atoms with Crippen molar-refractivity contribution in [2.45, 2.75) is 51.1 Å². The quantitative estimate of drug-likeness (QED) is 0.805. The monoisotopic (exact) mass is 240 g/mol. The predicted molar refractivity (Wildman–Crippen MR) is 66.9 cm³/mol. The number of rotatable bonds is 3. The molecule has 0 aromatic rings. The first-order valence-corrected chi connectivity index (χ1v) is 6.90. The van der Waals surface area contributed by atoms with Crippen molar-refractivity contribution in [3.8, 4) is 0 Å². The zero-order chi connectivity index (χ0) is 12.1. The summed E-state index contributed by atoms with van der Waals surface area (Å²) in [5, 5.41) is 3.44. The third kappa shape index (κ3) is 3.68. The summed E-state index contributed by atoms with van der Waals surface area (Å²) in [5.74, 6) is 0.274. The molecule has 0 radical (unpaired) electrons. The number of likely N-dealkylation sites (tertiary alicyclic amines) is 1. The molecule has 0 bridgehead atoms. The number of carbonyl (C=O) groups excluding carboxylic acids is 1. The first kappa shape index (κ1) is 12.8. The molecule has 2 fully saturated rings. The molecule has 0 aromatic heterocycles.